The number of para-hydroxylation sites is 1. The van der Waals surface area contributed by atoms with Gasteiger partial charge in [-0.25, -0.2) is 4.79 Å². The first-order valence-electron chi connectivity index (χ1n) is 8.24. The van der Waals surface area contributed by atoms with E-state index >= 15 is 0 Å². The van der Waals surface area contributed by atoms with E-state index in [0.717, 1.165) is 4.47 Å². The first-order valence-corrected chi connectivity index (χ1v) is 9.03. The molecule has 3 aromatic rings. The second-order valence-corrected chi connectivity index (χ2v) is 6.26. The minimum atomic E-state index is -0.538. The van der Waals surface area contributed by atoms with Crippen LogP contribution in [-0.4, -0.2) is 29.3 Å². The molecule has 0 saturated heterocycles. The highest BCUT2D eigenvalue weighted by molar-refractivity contribution is 9.10. The molecule has 0 aliphatic rings. The maximum absolute atomic E-state index is 11.8. The normalized spacial score (nSPS) is 10.4. The zero-order chi connectivity index (χ0) is 19.1. The molecule has 1 aromatic heterocycles. The molecule has 3 rings (SSSR count). The zero-order valence-corrected chi connectivity index (χ0v) is 16.1. The Balaban J connectivity index is 1.54. The molecule has 8 heteroatoms. The second kappa shape index (κ2) is 9.18. The average molecular weight is 433 g/mol. The van der Waals surface area contributed by atoms with Crippen LogP contribution < -0.4 is 9.47 Å². The molecule has 0 radical (unpaired) electrons. The number of halogens is 1. The lowest BCUT2D eigenvalue weighted by molar-refractivity contribution is -0.148. The Labute approximate surface area is 164 Å². The number of benzene rings is 2. The summed E-state index contributed by atoms with van der Waals surface area (Å²) < 4.78 is 22.0. The summed E-state index contributed by atoms with van der Waals surface area (Å²) in [6.45, 7) is 2.07. The van der Waals surface area contributed by atoms with Gasteiger partial charge in [0.1, 0.15) is 11.5 Å². The Bertz CT molecular complexity index is 912. The number of hydrogen-bond acceptors (Lipinski definition) is 7. The molecule has 0 atom stereocenters. The van der Waals surface area contributed by atoms with E-state index < -0.39 is 5.97 Å². The highest BCUT2D eigenvalue weighted by atomic mass is 79.9. The standard InChI is InChI=1S/C19H17BrN2O5/c1-2-24-16-9-4-3-8-15(16)19-21-17(27-22-19)11-26-18(23)12-25-14-7-5-6-13(20)10-14/h3-10H,2,11-12H2,1H3. The second-order valence-electron chi connectivity index (χ2n) is 5.35. The van der Waals surface area contributed by atoms with Crippen LogP contribution in [-0.2, 0) is 16.1 Å². The number of hydrogen-bond donors (Lipinski definition) is 0. The van der Waals surface area contributed by atoms with Gasteiger partial charge in [0.05, 0.1) is 12.2 Å². The molecule has 27 heavy (non-hydrogen) atoms. The van der Waals surface area contributed by atoms with Crippen molar-refractivity contribution in [2.75, 3.05) is 13.2 Å². The fourth-order valence-corrected chi connectivity index (χ4v) is 2.62. The van der Waals surface area contributed by atoms with Gasteiger partial charge in [-0.15, -0.1) is 0 Å². The maximum atomic E-state index is 11.8. The number of nitrogens with zero attached hydrogens (tertiary/aromatic N) is 2. The van der Waals surface area contributed by atoms with E-state index in [0.29, 0.717) is 29.5 Å². The summed E-state index contributed by atoms with van der Waals surface area (Å²) >= 11 is 3.33. The van der Waals surface area contributed by atoms with Crippen LogP contribution in [0.25, 0.3) is 11.4 Å². The first kappa shape index (κ1) is 18.9. The molecule has 2 aromatic carbocycles. The van der Waals surface area contributed by atoms with Gasteiger partial charge in [-0.2, -0.15) is 4.98 Å². The zero-order valence-electron chi connectivity index (χ0n) is 14.6. The molecule has 0 aliphatic heterocycles. The minimum Gasteiger partial charge on any atom is -0.493 e. The van der Waals surface area contributed by atoms with Crippen molar-refractivity contribution in [2.45, 2.75) is 13.5 Å². The van der Waals surface area contributed by atoms with Crippen LogP contribution in [0.5, 0.6) is 11.5 Å². The van der Waals surface area contributed by atoms with Gasteiger partial charge in [0.25, 0.3) is 5.89 Å². The number of carbonyl (C=O) groups is 1. The lowest BCUT2D eigenvalue weighted by atomic mass is 10.2. The molecule has 0 amide bonds. The van der Waals surface area contributed by atoms with Crippen LogP contribution in [0.15, 0.2) is 57.5 Å². The van der Waals surface area contributed by atoms with E-state index in [-0.39, 0.29) is 19.1 Å². The Morgan fingerprint density at radius 1 is 1.15 bits per heavy atom. The van der Waals surface area contributed by atoms with E-state index in [4.69, 9.17) is 18.7 Å². The number of rotatable bonds is 8. The van der Waals surface area contributed by atoms with Gasteiger partial charge >= 0.3 is 5.97 Å². The van der Waals surface area contributed by atoms with Crippen molar-refractivity contribution in [3.63, 3.8) is 0 Å². The number of esters is 1. The largest absolute Gasteiger partial charge is 0.493 e. The molecule has 0 N–H and O–H groups in total. The van der Waals surface area contributed by atoms with Crippen molar-refractivity contribution >= 4 is 21.9 Å². The van der Waals surface area contributed by atoms with Crippen LogP contribution in [0, 0.1) is 0 Å². The summed E-state index contributed by atoms with van der Waals surface area (Å²) in [4.78, 5) is 16.1. The quantitative estimate of drug-likeness (QED) is 0.496. The third kappa shape index (κ3) is 5.30. The van der Waals surface area contributed by atoms with Crippen LogP contribution >= 0.6 is 15.9 Å². The highest BCUT2D eigenvalue weighted by Gasteiger charge is 2.14. The molecular formula is C19H17BrN2O5. The van der Waals surface area contributed by atoms with Gasteiger partial charge in [0.15, 0.2) is 13.2 Å². The maximum Gasteiger partial charge on any atom is 0.344 e. The Morgan fingerprint density at radius 3 is 2.81 bits per heavy atom. The molecule has 0 aliphatic carbocycles. The monoisotopic (exact) mass is 432 g/mol. The van der Waals surface area contributed by atoms with Gasteiger partial charge < -0.3 is 18.7 Å². The summed E-state index contributed by atoms with van der Waals surface area (Å²) in [7, 11) is 0. The topological polar surface area (TPSA) is 83.7 Å². The van der Waals surface area contributed by atoms with Gasteiger partial charge in [-0.1, -0.05) is 39.3 Å². The van der Waals surface area contributed by atoms with Crippen LogP contribution in [0.2, 0.25) is 0 Å². The lowest BCUT2D eigenvalue weighted by Gasteiger charge is -2.06. The molecule has 0 fully saturated rings. The van der Waals surface area contributed by atoms with E-state index in [1.165, 1.54) is 0 Å². The smallest absolute Gasteiger partial charge is 0.344 e. The molecule has 0 saturated carbocycles. The van der Waals surface area contributed by atoms with Crippen molar-refractivity contribution in [3.05, 3.63) is 58.9 Å². The Kier molecular flexibility index (Phi) is 6.43. The predicted molar refractivity (Wildman–Crippen MR) is 100 cm³/mol. The van der Waals surface area contributed by atoms with Crippen molar-refractivity contribution in [1.82, 2.24) is 10.1 Å². The van der Waals surface area contributed by atoms with Crippen molar-refractivity contribution < 1.29 is 23.5 Å². The first-order chi connectivity index (χ1) is 13.2. The fourth-order valence-electron chi connectivity index (χ4n) is 2.24. The van der Waals surface area contributed by atoms with Crippen LogP contribution in [0.3, 0.4) is 0 Å². The number of carbonyl (C=O) groups excluding carboxylic acids is 1. The van der Waals surface area contributed by atoms with E-state index in [1.54, 1.807) is 12.1 Å². The SMILES string of the molecule is CCOc1ccccc1-c1noc(COC(=O)COc2cccc(Br)c2)n1. The highest BCUT2D eigenvalue weighted by Crippen LogP contribution is 2.27. The lowest BCUT2D eigenvalue weighted by Crippen LogP contribution is -2.14. The summed E-state index contributed by atoms with van der Waals surface area (Å²) in [5.74, 6) is 1.24. The number of ether oxygens (including phenoxy) is 3. The summed E-state index contributed by atoms with van der Waals surface area (Å²) in [6, 6.07) is 14.6. The fraction of sp³-hybridized carbons (Fsp3) is 0.211. The van der Waals surface area contributed by atoms with Crippen LogP contribution in [0.4, 0.5) is 0 Å². The predicted octanol–water partition coefficient (Wildman–Crippen LogP) is 4.02. The molecule has 0 unspecified atom stereocenters. The molecule has 140 valence electrons. The van der Waals surface area contributed by atoms with Crippen molar-refractivity contribution in [2.24, 2.45) is 0 Å². The molecule has 0 spiro atoms. The van der Waals surface area contributed by atoms with Gasteiger partial charge in [0, 0.05) is 4.47 Å². The molecular weight excluding hydrogens is 416 g/mol. The molecule has 1 heterocycles. The summed E-state index contributed by atoms with van der Waals surface area (Å²) in [5, 5.41) is 3.92. The molecule has 7 nitrogen and oxygen atoms in total. The van der Waals surface area contributed by atoms with E-state index in [9.17, 15) is 4.79 Å². The van der Waals surface area contributed by atoms with E-state index in [1.807, 2.05) is 43.3 Å². The summed E-state index contributed by atoms with van der Waals surface area (Å²) in [6.07, 6.45) is 0. The van der Waals surface area contributed by atoms with Crippen LogP contribution in [0.1, 0.15) is 12.8 Å². The van der Waals surface area contributed by atoms with Crippen molar-refractivity contribution in [3.8, 4) is 22.9 Å². The Hall–Kier alpha value is -2.87. The summed E-state index contributed by atoms with van der Waals surface area (Å²) in [5.41, 5.74) is 0.707. The third-order valence-corrected chi connectivity index (χ3v) is 3.90. The molecule has 0 bridgehead atoms. The van der Waals surface area contributed by atoms with Gasteiger partial charge in [0.2, 0.25) is 5.82 Å². The average Bonchev–Trinajstić information content (AvgIpc) is 3.14. The third-order valence-electron chi connectivity index (χ3n) is 3.41. The minimum absolute atomic E-state index is 0.134. The van der Waals surface area contributed by atoms with Gasteiger partial charge in [-0.05, 0) is 37.3 Å². The van der Waals surface area contributed by atoms with E-state index in [2.05, 4.69) is 26.1 Å². The van der Waals surface area contributed by atoms with Crippen molar-refractivity contribution in [1.29, 1.82) is 0 Å². The van der Waals surface area contributed by atoms with Gasteiger partial charge in [-0.3, -0.25) is 0 Å². The number of aromatic nitrogens is 2. The Morgan fingerprint density at radius 2 is 2.00 bits per heavy atom.